The van der Waals surface area contributed by atoms with Crippen LogP contribution in [-0.2, 0) is 9.53 Å². The normalized spacial score (nSPS) is 14.0. The Labute approximate surface area is 101 Å². The zero-order valence-corrected chi connectivity index (χ0v) is 10.7. The third kappa shape index (κ3) is 7.21. The van der Waals surface area contributed by atoms with Crippen molar-refractivity contribution < 1.29 is 14.3 Å². The minimum absolute atomic E-state index is 0.172. The number of Topliss-reactive ketones (excluding diaryl/α,β-unsaturated/α-hetero) is 1. The molecule has 0 bridgehead atoms. The molecular formula is C11H21N3O3. The third-order valence-corrected chi connectivity index (χ3v) is 1.84. The molecule has 0 saturated carbocycles. The first kappa shape index (κ1) is 15.3. The van der Waals surface area contributed by atoms with Crippen LogP contribution >= 0.6 is 0 Å². The number of carbonyl (C=O) groups is 2. The van der Waals surface area contributed by atoms with E-state index in [2.05, 4.69) is 5.32 Å². The lowest BCUT2D eigenvalue weighted by atomic mass is 10.1. The number of nitrogens with two attached hydrogens (primary N) is 2. The van der Waals surface area contributed by atoms with Crippen molar-refractivity contribution in [2.75, 3.05) is 0 Å². The van der Waals surface area contributed by atoms with Crippen LogP contribution in [0.15, 0.2) is 11.9 Å². The number of alkyl carbamates (subject to hydrolysis) is 1. The van der Waals surface area contributed by atoms with Crippen LogP contribution < -0.4 is 16.8 Å². The van der Waals surface area contributed by atoms with Gasteiger partial charge >= 0.3 is 6.09 Å². The van der Waals surface area contributed by atoms with E-state index in [1.807, 2.05) is 0 Å². The maximum absolute atomic E-state index is 11.5. The number of ketones is 1. The molecule has 0 unspecified atom stereocenters. The average molecular weight is 243 g/mol. The van der Waals surface area contributed by atoms with Crippen molar-refractivity contribution in [2.24, 2.45) is 11.5 Å². The molecule has 0 aromatic heterocycles. The molecule has 0 aromatic rings. The highest BCUT2D eigenvalue weighted by molar-refractivity contribution is 5.85. The van der Waals surface area contributed by atoms with E-state index in [1.165, 1.54) is 13.1 Å². The van der Waals surface area contributed by atoms with Gasteiger partial charge in [-0.1, -0.05) is 0 Å². The number of rotatable bonds is 4. The van der Waals surface area contributed by atoms with Crippen LogP contribution in [0, 0.1) is 0 Å². The molecule has 0 aliphatic carbocycles. The molecule has 0 aliphatic heterocycles. The van der Waals surface area contributed by atoms with Crippen molar-refractivity contribution in [3.8, 4) is 0 Å². The summed E-state index contributed by atoms with van der Waals surface area (Å²) >= 11 is 0. The van der Waals surface area contributed by atoms with Crippen LogP contribution in [0.25, 0.3) is 0 Å². The van der Waals surface area contributed by atoms with Gasteiger partial charge in [0.15, 0.2) is 5.78 Å². The number of nitrogens with one attached hydrogen (secondary N) is 1. The van der Waals surface area contributed by atoms with E-state index in [9.17, 15) is 9.59 Å². The Morgan fingerprint density at radius 1 is 1.41 bits per heavy atom. The van der Waals surface area contributed by atoms with Crippen molar-refractivity contribution in [3.05, 3.63) is 11.9 Å². The largest absolute Gasteiger partial charge is 0.444 e. The maximum atomic E-state index is 11.5. The molecule has 0 rings (SSSR count). The first-order valence-corrected chi connectivity index (χ1v) is 5.32. The van der Waals surface area contributed by atoms with Crippen molar-refractivity contribution in [1.29, 1.82) is 0 Å². The highest BCUT2D eigenvalue weighted by atomic mass is 16.6. The third-order valence-electron chi connectivity index (χ3n) is 1.84. The molecular weight excluding hydrogens is 222 g/mol. The van der Waals surface area contributed by atoms with Gasteiger partial charge in [-0.3, -0.25) is 4.79 Å². The monoisotopic (exact) mass is 243 g/mol. The van der Waals surface area contributed by atoms with Crippen molar-refractivity contribution >= 4 is 11.9 Å². The molecule has 1 atom stereocenters. The summed E-state index contributed by atoms with van der Waals surface area (Å²) in [5.74, 6) is -0.208. The standard InChI is InChI=1S/C11H21N3O3/c1-7(15)9(5-8(13)6-12)14-10(16)17-11(2,3)4/h6,9H,5,12-13H2,1-4H3,(H,14,16)/b8-6-/t9-/m1/s1. The Morgan fingerprint density at radius 3 is 2.29 bits per heavy atom. The molecule has 0 fully saturated rings. The highest BCUT2D eigenvalue weighted by Gasteiger charge is 2.22. The fourth-order valence-corrected chi connectivity index (χ4v) is 1.05. The van der Waals surface area contributed by atoms with E-state index in [-0.39, 0.29) is 12.2 Å². The first-order valence-electron chi connectivity index (χ1n) is 5.32. The minimum Gasteiger partial charge on any atom is -0.444 e. The Kier molecular flexibility index (Phi) is 5.50. The van der Waals surface area contributed by atoms with Crippen LogP contribution in [-0.4, -0.2) is 23.5 Å². The van der Waals surface area contributed by atoms with Crippen LogP contribution in [0.3, 0.4) is 0 Å². The van der Waals surface area contributed by atoms with Crippen LogP contribution in [0.5, 0.6) is 0 Å². The second-order valence-corrected chi connectivity index (χ2v) is 4.76. The Morgan fingerprint density at radius 2 is 1.94 bits per heavy atom. The van der Waals surface area contributed by atoms with Crippen molar-refractivity contribution in [3.63, 3.8) is 0 Å². The summed E-state index contributed by atoms with van der Waals surface area (Å²) in [5.41, 5.74) is 10.4. The quantitative estimate of drug-likeness (QED) is 0.670. The topological polar surface area (TPSA) is 107 Å². The Balaban J connectivity index is 4.46. The SMILES string of the molecule is CC(=O)[C@@H](C/C(N)=C/N)NC(=O)OC(C)(C)C. The molecule has 17 heavy (non-hydrogen) atoms. The summed E-state index contributed by atoms with van der Waals surface area (Å²) in [7, 11) is 0. The summed E-state index contributed by atoms with van der Waals surface area (Å²) in [6.07, 6.45) is 0.722. The number of carbonyl (C=O) groups excluding carboxylic acids is 2. The molecule has 6 heteroatoms. The number of hydrogen-bond acceptors (Lipinski definition) is 5. The van der Waals surface area contributed by atoms with Gasteiger partial charge in [-0.2, -0.15) is 0 Å². The fraction of sp³-hybridized carbons (Fsp3) is 0.636. The van der Waals surface area contributed by atoms with Gasteiger partial charge in [-0.05, 0) is 27.7 Å². The molecule has 1 amide bonds. The highest BCUT2D eigenvalue weighted by Crippen LogP contribution is 2.08. The van der Waals surface area contributed by atoms with Crippen LogP contribution in [0.1, 0.15) is 34.1 Å². The summed E-state index contributed by atoms with van der Waals surface area (Å²) in [5, 5.41) is 2.45. The smallest absolute Gasteiger partial charge is 0.408 e. The zero-order valence-electron chi connectivity index (χ0n) is 10.7. The van der Waals surface area contributed by atoms with Crippen molar-refractivity contribution in [2.45, 2.75) is 45.8 Å². The van der Waals surface area contributed by atoms with Crippen LogP contribution in [0.4, 0.5) is 4.79 Å². The summed E-state index contributed by atoms with van der Waals surface area (Å²) < 4.78 is 5.04. The predicted octanol–water partition coefficient (Wildman–Crippen LogP) is 0.618. The number of hydrogen-bond donors (Lipinski definition) is 3. The van der Waals surface area contributed by atoms with Crippen LogP contribution in [0.2, 0.25) is 0 Å². The molecule has 98 valence electrons. The van der Waals surface area contributed by atoms with E-state index in [1.54, 1.807) is 20.8 Å². The van der Waals surface area contributed by atoms with E-state index in [0.29, 0.717) is 5.70 Å². The minimum atomic E-state index is -0.718. The number of amides is 1. The van der Waals surface area contributed by atoms with E-state index in [4.69, 9.17) is 16.2 Å². The lowest BCUT2D eigenvalue weighted by Gasteiger charge is -2.22. The Hall–Kier alpha value is -1.72. The molecule has 5 N–H and O–H groups in total. The van der Waals surface area contributed by atoms with Gasteiger partial charge in [0.2, 0.25) is 0 Å². The number of ether oxygens (including phenoxy) is 1. The predicted molar refractivity (Wildman–Crippen MR) is 64.9 cm³/mol. The fourth-order valence-electron chi connectivity index (χ4n) is 1.05. The van der Waals surface area contributed by atoms with Gasteiger partial charge in [0.05, 0.1) is 6.04 Å². The van der Waals surface area contributed by atoms with E-state index >= 15 is 0 Å². The molecule has 0 aromatic carbocycles. The molecule has 6 nitrogen and oxygen atoms in total. The second kappa shape index (κ2) is 6.12. The molecule has 0 radical (unpaired) electrons. The van der Waals surface area contributed by atoms with E-state index in [0.717, 1.165) is 0 Å². The molecule has 0 aliphatic rings. The van der Waals surface area contributed by atoms with E-state index < -0.39 is 17.7 Å². The lowest BCUT2D eigenvalue weighted by molar-refractivity contribution is -0.119. The van der Waals surface area contributed by atoms with Crippen molar-refractivity contribution in [1.82, 2.24) is 5.32 Å². The van der Waals surface area contributed by atoms with Gasteiger partial charge in [0.25, 0.3) is 0 Å². The Bertz CT molecular complexity index is 318. The van der Waals surface area contributed by atoms with Gasteiger partial charge in [0.1, 0.15) is 5.60 Å². The zero-order chi connectivity index (χ0) is 13.6. The van der Waals surface area contributed by atoms with Gasteiger partial charge in [-0.25, -0.2) is 4.79 Å². The van der Waals surface area contributed by atoms with Gasteiger partial charge < -0.3 is 21.5 Å². The lowest BCUT2D eigenvalue weighted by Crippen LogP contribution is -2.43. The summed E-state index contributed by atoms with van der Waals surface area (Å²) in [4.78, 5) is 22.8. The van der Waals surface area contributed by atoms with Gasteiger partial charge in [0, 0.05) is 18.3 Å². The van der Waals surface area contributed by atoms with Gasteiger partial charge in [-0.15, -0.1) is 0 Å². The molecule has 0 spiro atoms. The first-order chi connectivity index (χ1) is 7.65. The second-order valence-electron chi connectivity index (χ2n) is 4.76. The average Bonchev–Trinajstić information content (AvgIpc) is 2.13. The molecule has 0 saturated heterocycles. The summed E-state index contributed by atoms with van der Waals surface area (Å²) in [6, 6.07) is -0.718. The molecule has 0 heterocycles. The maximum Gasteiger partial charge on any atom is 0.408 e. The summed E-state index contributed by atoms with van der Waals surface area (Å²) in [6.45, 7) is 6.59.